The monoisotopic (exact) mass is 528 g/mol. The molecule has 1 aliphatic heterocycles. The first kappa shape index (κ1) is 25.9. The van der Waals surface area contributed by atoms with Crippen LogP contribution >= 0.6 is 11.8 Å². The van der Waals surface area contributed by atoms with Gasteiger partial charge in [-0.2, -0.15) is 0 Å². The van der Waals surface area contributed by atoms with Crippen LogP contribution in [0.5, 0.6) is 11.5 Å². The Kier molecular flexibility index (Phi) is 8.31. The standard InChI is InChI=1S/C30H32N4O3S/c1-3-16-37-28-9-5-4-8-22(28)19-34-21-26(38-25-13-11-24(36-2)12-14-25)17-27(34)30(35)31-18-23-20-33-15-7-6-10-29(33)32-23/h3-15,20,26-27H,1,16-19,21H2,2H3,(H,31,35)/t26-,27+/m1/s1. The molecule has 2 atom stereocenters. The molecule has 3 heterocycles. The maximum absolute atomic E-state index is 13.5. The van der Waals surface area contributed by atoms with Crippen molar-refractivity contribution in [2.75, 3.05) is 20.3 Å². The van der Waals surface area contributed by atoms with Gasteiger partial charge in [0.25, 0.3) is 0 Å². The smallest absolute Gasteiger partial charge is 0.237 e. The number of thioether (sulfide) groups is 1. The van der Waals surface area contributed by atoms with Gasteiger partial charge in [-0.1, -0.05) is 36.9 Å². The van der Waals surface area contributed by atoms with Crippen molar-refractivity contribution in [3.05, 3.63) is 103 Å². The highest BCUT2D eigenvalue weighted by molar-refractivity contribution is 8.00. The maximum Gasteiger partial charge on any atom is 0.237 e. The van der Waals surface area contributed by atoms with Gasteiger partial charge in [0.05, 0.1) is 25.4 Å². The lowest BCUT2D eigenvalue weighted by molar-refractivity contribution is -0.125. The van der Waals surface area contributed by atoms with Gasteiger partial charge < -0.3 is 19.2 Å². The lowest BCUT2D eigenvalue weighted by Gasteiger charge is -2.24. The molecule has 2 aromatic carbocycles. The quantitative estimate of drug-likeness (QED) is 0.278. The van der Waals surface area contributed by atoms with Gasteiger partial charge in [-0.15, -0.1) is 11.8 Å². The molecule has 8 heteroatoms. The fourth-order valence-electron chi connectivity index (χ4n) is 4.75. The number of benzene rings is 2. The molecule has 5 rings (SSSR count). The molecule has 196 valence electrons. The van der Waals surface area contributed by atoms with Crippen molar-refractivity contribution in [3.8, 4) is 11.5 Å². The number of para-hydroxylation sites is 1. The predicted molar refractivity (Wildman–Crippen MR) is 151 cm³/mol. The third-order valence-electron chi connectivity index (χ3n) is 6.59. The van der Waals surface area contributed by atoms with E-state index in [1.165, 1.54) is 0 Å². The molecular formula is C30H32N4O3S. The van der Waals surface area contributed by atoms with Gasteiger partial charge in [0.1, 0.15) is 23.8 Å². The highest BCUT2D eigenvalue weighted by Crippen LogP contribution is 2.35. The van der Waals surface area contributed by atoms with Crippen LogP contribution in [0.2, 0.25) is 0 Å². The average molecular weight is 529 g/mol. The lowest BCUT2D eigenvalue weighted by Crippen LogP contribution is -2.42. The molecule has 4 aromatic rings. The number of aromatic nitrogens is 2. The van der Waals surface area contributed by atoms with Crippen molar-refractivity contribution in [2.45, 2.75) is 35.7 Å². The van der Waals surface area contributed by atoms with E-state index in [4.69, 9.17) is 9.47 Å². The first-order valence-corrected chi connectivity index (χ1v) is 13.6. The normalized spacial score (nSPS) is 17.4. The van der Waals surface area contributed by atoms with E-state index in [1.54, 1.807) is 24.9 Å². The molecule has 1 fully saturated rings. The van der Waals surface area contributed by atoms with Gasteiger partial charge in [-0.3, -0.25) is 9.69 Å². The molecule has 1 aliphatic rings. The van der Waals surface area contributed by atoms with Gasteiger partial charge in [0, 0.05) is 41.2 Å². The van der Waals surface area contributed by atoms with Crippen molar-refractivity contribution in [1.29, 1.82) is 0 Å². The van der Waals surface area contributed by atoms with Gasteiger partial charge in [-0.05, 0) is 48.9 Å². The van der Waals surface area contributed by atoms with Crippen molar-refractivity contribution in [1.82, 2.24) is 19.6 Å². The topological polar surface area (TPSA) is 68.1 Å². The highest BCUT2D eigenvalue weighted by Gasteiger charge is 2.37. The predicted octanol–water partition coefficient (Wildman–Crippen LogP) is 4.96. The van der Waals surface area contributed by atoms with Crippen LogP contribution in [-0.2, 0) is 17.9 Å². The molecule has 0 aliphatic carbocycles. The molecule has 0 spiro atoms. The molecule has 0 radical (unpaired) electrons. The van der Waals surface area contributed by atoms with Crippen LogP contribution in [0.15, 0.2) is 96.7 Å². The number of carbonyl (C=O) groups excluding carboxylic acids is 1. The van der Waals surface area contributed by atoms with Crippen LogP contribution in [0.25, 0.3) is 5.65 Å². The van der Waals surface area contributed by atoms with E-state index in [0.717, 1.165) is 46.3 Å². The van der Waals surface area contributed by atoms with E-state index in [2.05, 4.69) is 40.0 Å². The summed E-state index contributed by atoms with van der Waals surface area (Å²) >= 11 is 1.80. The first-order valence-electron chi connectivity index (χ1n) is 12.7. The summed E-state index contributed by atoms with van der Waals surface area (Å²) in [5, 5.41) is 3.41. The number of hydrogen-bond donors (Lipinski definition) is 1. The number of methoxy groups -OCH3 is 1. The van der Waals surface area contributed by atoms with Gasteiger partial charge >= 0.3 is 0 Å². The van der Waals surface area contributed by atoms with E-state index in [0.29, 0.717) is 19.7 Å². The Hall–Kier alpha value is -3.75. The number of nitrogens with zero attached hydrogens (tertiary/aromatic N) is 3. The summed E-state index contributed by atoms with van der Waals surface area (Å²) < 4.78 is 13.2. The number of likely N-dealkylation sites (tertiary alicyclic amines) is 1. The van der Waals surface area contributed by atoms with E-state index in [1.807, 2.05) is 65.3 Å². The second kappa shape index (κ2) is 12.2. The Bertz CT molecular complexity index is 1350. The zero-order valence-corrected chi connectivity index (χ0v) is 22.3. The zero-order chi connectivity index (χ0) is 26.3. The van der Waals surface area contributed by atoms with Crippen molar-refractivity contribution in [3.63, 3.8) is 0 Å². The van der Waals surface area contributed by atoms with Gasteiger partial charge in [0.2, 0.25) is 5.91 Å². The van der Waals surface area contributed by atoms with Crippen LogP contribution in [0.1, 0.15) is 17.7 Å². The molecule has 38 heavy (non-hydrogen) atoms. The van der Waals surface area contributed by atoms with Gasteiger partial charge in [0.15, 0.2) is 0 Å². The maximum atomic E-state index is 13.5. The fraction of sp³-hybridized carbons (Fsp3) is 0.267. The summed E-state index contributed by atoms with van der Waals surface area (Å²) in [6.45, 7) is 6.00. The van der Waals surface area contributed by atoms with Crippen LogP contribution in [-0.4, -0.2) is 51.7 Å². The summed E-state index contributed by atoms with van der Waals surface area (Å²) in [6.07, 6.45) is 6.41. The largest absolute Gasteiger partial charge is 0.497 e. The summed E-state index contributed by atoms with van der Waals surface area (Å²) in [5.41, 5.74) is 2.76. The van der Waals surface area contributed by atoms with Gasteiger partial charge in [-0.25, -0.2) is 4.98 Å². The van der Waals surface area contributed by atoms with E-state index < -0.39 is 0 Å². The molecule has 1 saturated heterocycles. The zero-order valence-electron chi connectivity index (χ0n) is 21.5. The summed E-state index contributed by atoms with van der Waals surface area (Å²) in [4.78, 5) is 21.6. The third-order valence-corrected chi connectivity index (χ3v) is 7.81. The number of carbonyl (C=O) groups is 1. The number of pyridine rings is 1. The van der Waals surface area contributed by atoms with Crippen molar-refractivity contribution < 1.29 is 14.3 Å². The molecule has 0 unspecified atom stereocenters. The Morgan fingerprint density at radius 3 is 2.76 bits per heavy atom. The SMILES string of the molecule is C=CCOc1ccccc1CN1C[C@H](Sc2ccc(OC)cc2)C[C@H]1C(=O)NCc1cn2ccccc2n1. The van der Waals surface area contributed by atoms with E-state index in [9.17, 15) is 4.79 Å². The number of hydrogen-bond acceptors (Lipinski definition) is 6. The highest BCUT2D eigenvalue weighted by atomic mass is 32.2. The Labute approximate surface area is 227 Å². The minimum atomic E-state index is -0.254. The Morgan fingerprint density at radius 2 is 1.97 bits per heavy atom. The molecule has 1 N–H and O–H groups in total. The van der Waals surface area contributed by atoms with Crippen LogP contribution in [0, 0.1) is 0 Å². The Morgan fingerprint density at radius 1 is 1.16 bits per heavy atom. The number of ether oxygens (including phenoxy) is 2. The number of nitrogens with one attached hydrogen (secondary N) is 1. The summed E-state index contributed by atoms with van der Waals surface area (Å²) in [7, 11) is 1.67. The second-order valence-corrected chi connectivity index (χ2v) is 10.6. The molecule has 0 bridgehead atoms. The third kappa shape index (κ3) is 6.20. The Balaban J connectivity index is 1.31. The molecular weight excluding hydrogens is 496 g/mol. The second-order valence-electron chi connectivity index (χ2n) is 9.22. The molecule has 1 amide bonds. The summed E-state index contributed by atoms with van der Waals surface area (Å²) in [5.74, 6) is 1.68. The minimum absolute atomic E-state index is 0.0179. The number of fused-ring (bicyclic) bond motifs is 1. The van der Waals surface area contributed by atoms with Crippen LogP contribution in [0.4, 0.5) is 0 Å². The lowest BCUT2D eigenvalue weighted by atomic mass is 10.1. The number of rotatable bonds is 11. The fourth-order valence-corrected chi connectivity index (χ4v) is 5.97. The molecule has 2 aromatic heterocycles. The summed E-state index contributed by atoms with van der Waals surface area (Å²) in [6, 6.07) is 21.7. The molecule has 7 nitrogen and oxygen atoms in total. The first-order chi connectivity index (χ1) is 18.6. The van der Waals surface area contributed by atoms with Crippen molar-refractivity contribution >= 4 is 23.3 Å². The van der Waals surface area contributed by atoms with Crippen molar-refractivity contribution in [2.24, 2.45) is 0 Å². The van der Waals surface area contributed by atoms with E-state index in [-0.39, 0.29) is 17.2 Å². The van der Waals surface area contributed by atoms with Crippen LogP contribution < -0.4 is 14.8 Å². The average Bonchev–Trinajstić information content (AvgIpc) is 3.55. The van der Waals surface area contributed by atoms with Crippen LogP contribution in [0.3, 0.4) is 0 Å². The number of imidazole rings is 1. The van der Waals surface area contributed by atoms with E-state index >= 15 is 0 Å². The minimum Gasteiger partial charge on any atom is -0.497 e. The molecule has 0 saturated carbocycles. The number of amides is 1.